The van der Waals surface area contributed by atoms with E-state index < -0.39 is 0 Å². The maximum Gasteiger partial charge on any atom is 0.230 e. The van der Waals surface area contributed by atoms with Gasteiger partial charge in [0, 0.05) is 17.5 Å². The van der Waals surface area contributed by atoms with Gasteiger partial charge in [-0.25, -0.2) is 0 Å². The van der Waals surface area contributed by atoms with E-state index in [4.69, 9.17) is 0 Å². The number of benzene rings is 1. The second-order valence-corrected chi connectivity index (χ2v) is 5.26. The molecule has 1 saturated heterocycles. The van der Waals surface area contributed by atoms with E-state index in [0.29, 0.717) is 11.8 Å². The van der Waals surface area contributed by atoms with Crippen LogP contribution in [0.4, 0.5) is 0 Å². The molecule has 3 nitrogen and oxygen atoms in total. The largest absolute Gasteiger partial charge is 0.351 e. The summed E-state index contributed by atoms with van der Waals surface area (Å²) in [4.78, 5) is 12.9. The van der Waals surface area contributed by atoms with Crippen molar-refractivity contribution in [3.8, 4) is 0 Å². The lowest BCUT2D eigenvalue weighted by Gasteiger charge is -2.23. The molecule has 17 heavy (non-hydrogen) atoms. The van der Waals surface area contributed by atoms with E-state index in [2.05, 4.69) is 10.6 Å². The monoisotopic (exact) mass is 250 g/mol. The van der Waals surface area contributed by atoms with Gasteiger partial charge in [-0.3, -0.25) is 4.79 Å². The van der Waals surface area contributed by atoms with Gasteiger partial charge in [0.05, 0.1) is 5.75 Å². The van der Waals surface area contributed by atoms with E-state index >= 15 is 0 Å². The van der Waals surface area contributed by atoms with Crippen LogP contribution in [-0.2, 0) is 4.79 Å². The fourth-order valence-electron chi connectivity index (χ4n) is 1.91. The molecule has 1 aromatic rings. The van der Waals surface area contributed by atoms with Gasteiger partial charge >= 0.3 is 0 Å². The van der Waals surface area contributed by atoms with E-state index in [1.54, 1.807) is 11.8 Å². The minimum absolute atomic E-state index is 0.132. The summed E-state index contributed by atoms with van der Waals surface area (Å²) in [6.45, 7) is 1.98. The summed E-state index contributed by atoms with van der Waals surface area (Å²) in [5.41, 5.74) is 0. The molecule has 1 aliphatic heterocycles. The first kappa shape index (κ1) is 12.5. The maximum atomic E-state index is 11.7. The number of carbonyl (C=O) groups is 1. The van der Waals surface area contributed by atoms with E-state index in [0.717, 1.165) is 30.8 Å². The third-order valence-electron chi connectivity index (χ3n) is 2.78. The average Bonchev–Trinajstić information content (AvgIpc) is 2.39. The van der Waals surface area contributed by atoms with Crippen LogP contribution < -0.4 is 10.6 Å². The predicted molar refractivity (Wildman–Crippen MR) is 71.2 cm³/mol. The minimum atomic E-state index is 0.132. The predicted octanol–water partition coefficient (Wildman–Crippen LogP) is 1.65. The molecule has 1 fully saturated rings. The highest BCUT2D eigenvalue weighted by atomic mass is 32.2. The third-order valence-corrected chi connectivity index (χ3v) is 3.79. The summed E-state index contributed by atoms with van der Waals surface area (Å²) in [5.74, 6) is 0.633. The molecule has 1 aromatic carbocycles. The van der Waals surface area contributed by atoms with Crippen LogP contribution in [0.1, 0.15) is 12.8 Å². The van der Waals surface area contributed by atoms with Gasteiger partial charge in [-0.2, -0.15) is 0 Å². The van der Waals surface area contributed by atoms with Crippen molar-refractivity contribution in [3.63, 3.8) is 0 Å². The topological polar surface area (TPSA) is 41.1 Å². The molecular formula is C13H18N2OS. The fourth-order valence-corrected chi connectivity index (χ4v) is 2.64. The number of piperidine rings is 1. The molecule has 0 aliphatic carbocycles. The molecule has 0 radical (unpaired) electrons. The Morgan fingerprint density at radius 1 is 1.41 bits per heavy atom. The summed E-state index contributed by atoms with van der Waals surface area (Å²) in [7, 11) is 0. The van der Waals surface area contributed by atoms with Crippen molar-refractivity contribution < 1.29 is 4.79 Å². The van der Waals surface area contributed by atoms with Crippen LogP contribution in [0.5, 0.6) is 0 Å². The first-order valence-corrected chi connectivity index (χ1v) is 7.01. The molecule has 0 saturated carbocycles. The molecule has 4 heteroatoms. The Balaban J connectivity index is 1.70. The van der Waals surface area contributed by atoms with E-state index in [-0.39, 0.29) is 5.91 Å². The van der Waals surface area contributed by atoms with Crippen LogP contribution in [-0.4, -0.2) is 30.8 Å². The second-order valence-electron chi connectivity index (χ2n) is 4.21. The molecule has 2 N–H and O–H groups in total. The molecule has 1 unspecified atom stereocenters. The molecule has 2 rings (SSSR count). The number of carbonyl (C=O) groups excluding carboxylic acids is 1. The van der Waals surface area contributed by atoms with Gasteiger partial charge in [0.1, 0.15) is 0 Å². The quantitative estimate of drug-likeness (QED) is 0.798. The first-order chi connectivity index (χ1) is 8.34. The normalized spacial score (nSPS) is 19.9. The standard InChI is InChI=1S/C13H18N2OS/c16-13(15-11-5-4-8-14-9-11)10-17-12-6-2-1-3-7-12/h1-3,6-7,11,14H,4-5,8-10H2,(H,15,16). The van der Waals surface area contributed by atoms with Crippen molar-refractivity contribution in [2.24, 2.45) is 0 Å². The zero-order valence-corrected chi connectivity index (χ0v) is 10.6. The third kappa shape index (κ3) is 4.40. The average molecular weight is 250 g/mol. The number of rotatable bonds is 4. The molecule has 1 heterocycles. The van der Waals surface area contributed by atoms with Gasteiger partial charge in [0.2, 0.25) is 5.91 Å². The van der Waals surface area contributed by atoms with Gasteiger partial charge < -0.3 is 10.6 Å². The molecule has 0 spiro atoms. The SMILES string of the molecule is O=C(CSc1ccccc1)NC1CCCNC1. The van der Waals surface area contributed by atoms with Gasteiger partial charge in [-0.05, 0) is 31.5 Å². The van der Waals surface area contributed by atoms with Crippen LogP contribution in [0, 0.1) is 0 Å². The van der Waals surface area contributed by atoms with E-state index in [1.807, 2.05) is 30.3 Å². The number of hydrogen-bond donors (Lipinski definition) is 2. The van der Waals surface area contributed by atoms with Crippen LogP contribution in [0.25, 0.3) is 0 Å². The summed E-state index contributed by atoms with van der Waals surface area (Å²) < 4.78 is 0. The summed E-state index contributed by atoms with van der Waals surface area (Å²) in [6, 6.07) is 10.3. The lowest BCUT2D eigenvalue weighted by molar-refractivity contribution is -0.119. The molecule has 1 atom stereocenters. The summed E-state index contributed by atoms with van der Waals surface area (Å²) in [6.07, 6.45) is 2.24. The number of thioether (sulfide) groups is 1. The van der Waals surface area contributed by atoms with E-state index in [1.165, 1.54) is 0 Å². The van der Waals surface area contributed by atoms with Gasteiger partial charge in [-0.15, -0.1) is 11.8 Å². The minimum Gasteiger partial charge on any atom is -0.351 e. The van der Waals surface area contributed by atoms with Crippen LogP contribution in [0.2, 0.25) is 0 Å². The zero-order valence-electron chi connectivity index (χ0n) is 9.82. The first-order valence-electron chi connectivity index (χ1n) is 6.02. The Kier molecular flexibility index (Phi) is 4.88. The molecule has 1 amide bonds. The smallest absolute Gasteiger partial charge is 0.230 e. The van der Waals surface area contributed by atoms with E-state index in [9.17, 15) is 4.79 Å². The molecular weight excluding hydrogens is 232 g/mol. The van der Waals surface area contributed by atoms with Crippen LogP contribution in [0.15, 0.2) is 35.2 Å². The van der Waals surface area contributed by atoms with Crippen molar-refractivity contribution in [3.05, 3.63) is 30.3 Å². The Morgan fingerprint density at radius 3 is 2.94 bits per heavy atom. The van der Waals surface area contributed by atoms with Crippen molar-refractivity contribution in [1.29, 1.82) is 0 Å². The molecule has 92 valence electrons. The Labute approximate surface area is 106 Å². The lowest BCUT2D eigenvalue weighted by atomic mass is 10.1. The van der Waals surface area contributed by atoms with Crippen molar-refractivity contribution in [2.45, 2.75) is 23.8 Å². The van der Waals surface area contributed by atoms with Crippen LogP contribution >= 0.6 is 11.8 Å². The van der Waals surface area contributed by atoms with Crippen molar-refractivity contribution in [1.82, 2.24) is 10.6 Å². The van der Waals surface area contributed by atoms with Crippen molar-refractivity contribution >= 4 is 17.7 Å². The van der Waals surface area contributed by atoms with Crippen molar-refractivity contribution in [2.75, 3.05) is 18.8 Å². The Morgan fingerprint density at radius 2 is 2.24 bits per heavy atom. The highest BCUT2D eigenvalue weighted by Crippen LogP contribution is 2.16. The summed E-state index contributed by atoms with van der Waals surface area (Å²) in [5, 5.41) is 6.36. The second kappa shape index (κ2) is 6.67. The fraction of sp³-hybridized carbons (Fsp3) is 0.462. The molecule has 0 bridgehead atoms. The number of nitrogens with one attached hydrogen (secondary N) is 2. The Bertz CT molecular complexity index is 350. The maximum absolute atomic E-state index is 11.7. The Hall–Kier alpha value is -1.00. The van der Waals surface area contributed by atoms with Gasteiger partial charge in [-0.1, -0.05) is 18.2 Å². The van der Waals surface area contributed by atoms with Gasteiger partial charge in [0.15, 0.2) is 0 Å². The molecule has 0 aromatic heterocycles. The van der Waals surface area contributed by atoms with Gasteiger partial charge in [0.25, 0.3) is 0 Å². The highest BCUT2D eigenvalue weighted by Gasteiger charge is 2.14. The number of amides is 1. The van der Waals surface area contributed by atoms with Crippen LogP contribution in [0.3, 0.4) is 0 Å². The number of hydrogen-bond acceptors (Lipinski definition) is 3. The highest BCUT2D eigenvalue weighted by molar-refractivity contribution is 8.00. The lowest BCUT2D eigenvalue weighted by Crippen LogP contribution is -2.46. The zero-order chi connectivity index (χ0) is 11.9. The molecule has 1 aliphatic rings. The summed E-state index contributed by atoms with van der Waals surface area (Å²) >= 11 is 1.58.